The Morgan fingerprint density at radius 2 is 2.06 bits per heavy atom. The number of hydrogen-bond donors (Lipinski definition) is 0. The van der Waals surface area contributed by atoms with Gasteiger partial charge >= 0.3 is 0 Å². The van der Waals surface area contributed by atoms with Crippen molar-refractivity contribution >= 4 is 21.6 Å². The highest BCUT2D eigenvalue weighted by molar-refractivity contribution is 7.89. The van der Waals surface area contributed by atoms with Gasteiger partial charge in [0.1, 0.15) is 4.90 Å². The second-order valence-corrected chi connectivity index (χ2v) is 6.07. The quantitative estimate of drug-likeness (QED) is 0.836. The van der Waals surface area contributed by atoms with Gasteiger partial charge in [-0.15, -0.1) is 0 Å². The lowest BCUT2D eigenvalue weighted by molar-refractivity contribution is 0.427. The Bertz CT molecular complexity index is 564. The summed E-state index contributed by atoms with van der Waals surface area (Å²) in [5.74, 6) is 0. The van der Waals surface area contributed by atoms with Gasteiger partial charge in [0.05, 0.1) is 16.7 Å². The van der Waals surface area contributed by atoms with Crippen LogP contribution in [-0.4, -0.2) is 25.8 Å². The van der Waals surface area contributed by atoms with Crippen LogP contribution in [0.3, 0.4) is 0 Å². The van der Waals surface area contributed by atoms with E-state index in [1.165, 1.54) is 22.5 Å². The van der Waals surface area contributed by atoms with Crippen LogP contribution in [0.2, 0.25) is 5.02 Å². The van der Waals surface area contributed by atoms with Crippen molar-refractivity contribution in [3.8, 4) is 6.07 Å². The molecule has 0 atom stereocenters. The normalized spacial score (nSPS) is 11.5. The smallest absolute Gasteiger partial charge is 0.207 e. The fraction of sp³-hybridized carbons (Fsp3) is 0.417. The summed E-state index contributed by atoms with van der Waals surface area (Å²) in [7, 11) is -3.58. The van der Waals surface area contributed by atoms with Gasteiger partial charge in [0.25, 0.3) is 0 Å². The molecule has 0 bridgehead atoms. The van der Waals surface area contributed by atoms with Crippen molar-refractivity contribution in [3.05, 3.63) is 28.8 Å². The van der Waals surface area contributed by atoms with E-state index in [0.29, 0.717) is 18.7 Å². The van der Waals surface area contributed by atoms with Gasteiger partial charge < -0.3 is 0 Å². The van der Waals surface area contributed by atoms with Gasteiger partial charge in [-0.05, 0) is 24.6 Å². The number of benzene rings is 1. The predicted molar refractivity (Wildman–Crippen MR) is 70.9 cm³/mol. The van der Waals surface area contributed by atoms with E-state index in [1.54, 1.807) is 6.92 Å². The highest BCUT2D eigenvalue weighted by Crippen LogP contribution is 2.25. The van der Waals surface area contributed by atoms with Crippen molar-refractivity contribution in [2.24, 2.45) is 0 Å². The zero-order valence-corrected chi connectivity index (χ0v) is 11.9. The molecule has 1 rings (SSSR count). The first kappa shape index (κ1) is 15.0. The first-order valence-corrected chi connectivity index (χ1v) is 7.49. The van der Waals surface area contributed by atoms with E-state index in [9.17, 15) is 8.42 Å². The Balaban J connectivity index is 3.24. The molecule has 0 heterocycles. The van der Waals surface area contributed by atoms with Gasteiger partial charge in [-0.2, -0.15) is 9.57 Å². The SMILES string of the molecule is CCCN(CC)S(=O)(=O)c1ccc(C#N)cc1Cl. The molecular formula is C12H15ClN2O2S. The van der Waals surface area contributed by atoms with Crippen molar-refractivity contribution in [1.82, 2.24) is 4.31 Å². The summed E-state index contributed by atoms with van der Waals surface area (Å²) in [6.45, 7) is 4.55. The van der Waals surface area contributed by atoms with Crippen molar-refractivity contribution < 1.29 is 8.42 Å². The van der Waals surface area contributed by atoms with E-state index in [4.69, 9.17) is 16.9 Å². The minimum atomic E-state index is -3.58. The fourth-order valence-corrected chi connectivity index (χ4v) is 3.68. The van der Waals surface area contributed by atoms with Crippen molar-refractivity contribution in [1.29, 1.82) is 5.26 Å². The number of nitriles is 1. The standard InChI is InChI=1S/C12H15ClN2O2S/c1-3-7-15(4-2)18(16,17)12-6-5-10(9-14)8-11(12)13/h5-6,8H,3-4,7H2,1-2H3. The van der Waals surface area contributed by atoms with Gasteiger partial charge in [-0.25, -0.2) is 8.42 Å². The van der Waals surface area contributed by atoms with Crippen LogP contribution in [0.1, 0.15) is 25.8 Å². The molecule has 0 saturated heterocycles. The highest BCUT2D eigenvalue weighted by atomic mass is 35.5. The Hall–Kier alpha value is -1.09. The van der Waals surface area contributed by atoms with E-state index in [0.717, 1.165) is 6.42 Å². The zero-order valence-electron chi connectivity index (χ0n) is 10.4. The van der Waals surface area contributed by atoms with Crippen LogP contribution in [0, 0.1) is 11.3 Å². The summed E-state index contributed by atoms with van der Waals surface area (Å²) in [5.41, 5.74) is 0.345. The molecule has 0 fully saturated rings. The van der Waals surface area contributed by atoms with Gasteiger partial charge in [0, 0.05) is 13.1 Å². The maximum Gasteiger partial charge on any atom is 0.244 e. The number of sulfonamides is 1. The molecule has 0 spiro atoms. The summed E-state index contributed by atoms with van der Waals surface area (Å²) in [6, 6.07) is 6.13. The lowest BCUT2D eigenvalue weighted by atomic mass is 10.2. The molecule has 18 heavy (non-hydrogen) atoms. The predicted octanol–water partition coefficient (Wildman–Crippen LogP) is 2.63. The Kier molecular flexibility index (Phi) is 5.15. The summed E-state index contributed by atoms with van der Waals surface area (Å²) in [6.07, 6.45) is 0.737. The van der Waals surface area contributed by atoms with E-state index in [2.05, 4.69) is 0 Å². The maximum atomic E-state index is 12.3. The zero-order chi connectivity index (χ0) is 13.8. The molecule has 0 aliphatic rings. The second kappa shape index (κ2) is 6.19. The van der Waals surface area contributed by atoms with E-state index in [-0.39, 0.29) is 9.92 Å². The molecular weight excluding hydrogens is 272 g/mol. The second-order valence-electron chi connectivity index (χ2n) is 3.75. The molecule has 0 aliphatic heterocycles. The van der Waals surface area contributed by atoms with Gasteiger partial charge in [-0.3, -0.25) is 0 Å². The number of halogens is 1. The molecule has 0 aromatic heterocycles. The van der Waals surface area contributed by atoms with Crippen molar-refractivity contribution in [2.45, 2.75) is 25.2 Å². The summed E-state index contributed by atoms with van der Waals surface area (Å²) in [4.78, 5) is 0.0541. The minimum absolute atomic E-state index is 0.0541. The van der Waals surface area contributed by atoms with Gasteiger partial charge in [0.2, 0.25) is 10.0 Å². The third-order valence-electron chi connectivity index (χ3n) is 2.50. The first-order chi connectivity index (χ1) is 8.47. The fourth-order valence-electron chi connectivity index (χ4n) is 1.62. The maximum absolute atomic E-state index is 12.3. The summed E-state index contributed by atoms with van der Waals surface area (Å²) >= 11 is 5.94. The van der Waals surface area contributed by atoms with Crippen LogP contribution in [0.5, 0.6) is 0 Å². The summed E-state index contributed by atoms with van der Waals surface area (Å²) in [5, 5.41) is 8.81. The molecule has 0 radical (unpaired) electrons. The van der Waals surface area contributed by atoms with Crippen molar-refractivity contribution in [3.63, 3.8) is 0 Å². The van der Waals surface area contributed by atoms with Crippen LogP contribution < -0.4 is 0 Å². The van der Waals surface area contributed by atoms with Crippen LogP contribution in [0.4, 0.5) is 0 Å². The van der Waals surface area contributed by atoms with Crippen molar-refractivity contribution in [2.75, 3.05) is 13.1 Å². The van der Waals surface area contributed by atoms with E-state index >= 15 is 0 Å². The molecule has 4 nitrogen and oxygen atoms in total. The minimum Gasteiger partial charge on any atom is -0.207 e. The highest BCUT2D eigenvalue weighted by Gasteiger charge is 2.24. The molecule has 1 aromatic carbocycles. The largest absolute Gasteiger partial charge is 0.244 e. The average molecular weight is 287 g/mol. The molecule has 6 heteroatoms. The average Bonchev–Trinajstić information content (AvgIpc) is 2.35. The molecule has 0 aliphatic carbocycles. The van der Waals surface area contributed by atoms with E-state index < -0.39 is 10.0 Å². The monoisotopic (exact) mass is 286 g/mol. The Morgan fingerprint density at radius 3 is 2.50 bits per heavy atom. The lowest BCUT2D eigenvalue weighted by Crippen LogP contribution is -2.31. The van der Waals surface area contributed by atoms with Crippen LogP contribution in [0.25, 0.3) is 0 Å². The third kappa shape index (κ3) is 3.02. The number of rotatable bonds is 5. The lowest BCUT2D eigenvalue weighted by Gasteiger charge is -2.20. The number of nitrogens with zero attached hydrogens (tertiary/aromatic N) is 2. The topological polar surface area (TPSA) is 61.2 Å². The molecule has 0 unspecified atom stereocenters. The molecule has 0 saturated carbocycles. The molecule has 98 valence electrons. The molecule has 0 N–H and O–H groups in total. The number of hydrogen-bond acceptors (Lipinski definition) is 3. The van der Waals surface area contributed by atoms with E-state index in [1.807, 2.05) is 13.0 Å². The van der Waals surface area contributed by atoms with Crippen LogP contribution >= 0.6 is 11.6 Å². The van der Waals surface area contributed by atoms with Crippen LogP contribution in [-0.2, 0) is 10.0 Å². The molecule has 0 amide bonds. The summed E-state index contributed by atoms with van der Waals surface area (Å²) < 4.78 is 26.0. The third-order valence-corrected chi connectivity index (χ3v) is 4.96. The van der Waals surface area contributed by atoms with Gasteiger partial charge in [0.15, 0.2) is 0 Å². The van der Waals surface area contributed by atoms with Gasteiger partial charge in [-0.1, -0.05) is 25.4 Å². The Labute approximate surface area is 113 Å². The Morgan fingerprint density at radius 1 is 1.39 bits per heavy atom. The first-order valence-electron chi connectivity index (χ1n) is 5.67. The van der Waals surface area contributed by atoms with Crippen LogP contribution in [0.15, 0.2) is 23.1 Å². The molecule has 1 aromatic rings.